The van der Waals surface area contributed by atoms with Crippen molar-refractivity contribution in [3.05, 3.63) is 35.7 Å². The highest BCUT2D eigenvalue weighted by Gasteiger charge is 2.03. The molecule has 0 saturated heterocycles. The first-order valence-electron chi connectivity index (χ1n) is 9.32. The molecular weight excluding hydrogens is 319 g/mol. The van der Waals surface area contributed by atoms with Gasteiger partial charge in [0.1, 0.15) is 0 Å². The van der Waals surface area contributed by atoms with Crippen LogP contribution in [0.2, 0.25) is 0 Å². The number of rotatable bonds is 13. The van der Waals surface area contributed by atoms with Gasteiger partial charge in [0.2, 0.25) is 0 Å². The molecule has 0 aromatic heterocycles. The molecule has 25 heavy (non-hydrogen) atoms. The Kier molecular flexibility index (Phi) is 11.4. The molecule has 0 spiro atoms. The average molecular weight is 350 g/mol. The van der Waals surface area contributed by atoms with Crippen molar-refractivity contribution in [1.29, 1.82) is 0 Å². The van der Waals surface area contributed by atoms with E-state index in [1.54, 1.807) is 6.07 Å². The fourth-order valence-corrected chi connectivity index (χ4v) is 2.59. The van der Waals surface area contributed by atoms with Crippen LogP contribution in [0.5, 0.6) is 5.75 Å². The van der Waals surface area contributed by atoms with E-state index in [4.69, 9.17) is 9.47 Å². The van der Waals surface area contributed by atoms with Crippen molar-refractivity contribution >= 4 is 12.0 Å². The summed E-state index contributed by atoms with van der Waals surface area (Å²) in [6, 6.07) is 5.05. The molecule has 140 valence electrons. The number of halogens is 1. The fourth-order valence-electron chi connectivity index (χ4n) is 2.59. The van der Waals surface area contributed by atoms with Gasteiger partial charge in [-0.15, -0.1) is 0 Å². The second kappa shape index (κ2) is 13.5. The normalized spacial score (nSPS) is 11.0. The van der Waals surface area contributed by atoms with E-state index in [2.05, 4.69) is 0 Å². The van der Waals surface area contributed by atoms with Crippen LogP contribution in [0, 0.1) is 5.82 Å². The summed E-state index contributed by atoms with van der Waals surface area (Å²) >= 11 is 0. The minimum atomic E-state index is -0.302. The maximum absolute atomic E-state index is 13.8. The molecule has 1 aromatic carbocycles. The van der Waals surface area contributed by atoms with E-state index in [9.17, 15) is 9.18 Å². The number of esters is 1. The summed E-state index contributed by atoms with van der Waals surface area (Å²) in [5.74, 6) is -0.166. The van der Waals surface area contributed by atoms with Crippen LogP contribution in [0.4, 0.5) is 4.39 Å². The molecule has 0 fully saturated rings. The minimum absolute atomic E-state index is 0.198. The van der Waals surface area contributed by atoms with Crippen LogP contribution in [0.25, 0.3) is 6.08 Å². The number of carbonyl (C=O) groups is 1. The predicted molar refractivity (Wildman–Crippen MR) is 100 cm³/mol. The van der Waals surface area contributed by atoms with Crippen LogP contribution in [-0.4, -0.2) is 19.2 Å². The Labute approximate surface area is 151 Å². The number of unbranched alkanes of at least 4 members (excludes halogenated alkanes) is 7. The predicted octanol–water partition coefficient (Wildman–Crippen LogP) is 5.92. The van der Waals surface area contributed by atoms with Crippen molar-refractivity contribution in [3.8, 4) is 5.75 Å². The molecule has 0 bridgehead atoms. The van der Waals surface area contributed by atoms with E-state index in [0.29, 0.717) is 19.0 Å². The van der Waals surface area contributed by atoms with Crippen molar-refractivity contribution < 1.29 is 18.7 Å². The Morgan fingerprint density at radius 3 is 2.16 bits per heavy atom. The number of benzene rings is 1. The van der Waals surface area contributed by atoms with Gasteiger partial charge in [-0.25, -0.2) is 4.39 Å². The van der Waals surface area contributed by atoms with E-state index in [0.717, 1.165) is 31.2 Å². The summed E-state index contributed by atoms with van der Waals surface area (Å²) in [4.78, 5) is 10.6. The SMILES string of the molecule is CC=Cc1ccc(OCCCCCCCCCCOC(C)=O)c(F)c1. The van der Waals surface area contributed by atoms with Crippen LogP contribution >= 0.6 is 0 Å². The fraction of sp³-hybridized carbons (Fsp3) is 0.571. The standard InChI is InChI=1S/C21H31FO3/c1-3-12-19-13-14-21(20(22)17-19)25-16-11-9-7-5-4-6-8-10-15-24-18(2)23/h3,12-14,17H,4-11,15-16H2,1-2H3. The molecule has 4 heteroatoms. The maximum atomic E-state index is 13.8. The summed E-state index contributed by atoms with van der Waals surface area (Å²) in [7, 11) is 0. The first kappa shape index (κ1) is 21.2. The van der Waals surface area contributed by atoms with Gasteiger partial charge in [-0.1, -0.05) is 56.7 Å². The van der Waals surface area contributed by atoms with Crippen molar-refractivity contribution in [3.63, 3.8) is 0 Å². The summed E-state index contributed by atoms with van der Waals surface area (Å²) in [6.45, 7) is 4.45. The average Bonchev–Trinajstić information content (AvgIpc) is 2.57. The Morgan fingerprint density at radius 2 is 1.60 bits per heavy atom. The highest BCUT2D eigenvalue weighted by atomic mass is 19.1. The Bertz CT molecular complexity index is 526. The minimum Gasteiger partial charge on any atom is -0.491 e. The zero-order valence-electron chi connectivity index (χ0n) is 15.6. The summed E-state index contributed by atoms with van der Waals surface area (Å²) in [5.41, 5.74) is 0.847. The lowest BCUT2D eigenvalue weighted by molar-refractivity contribution is -0.141. The molecule has 0 radical (unpaired) electrons. The second-order valence-corrected chi connectivity index (χ2v) is 6.21. The van der Waals surface area contributed by atoms with Crippen molar-refractivity contribution in [1.82, 2.24) is 0 Å². The molecule has 0 atom stereocenters. The summed E-state index contributed by atoms with van der Waals surface area (Å²) in [6.07, 6.45) is 12.6. The zero-order valence-corrected chi connectivity index (χ0v) is 15.6. The third-order valence-corrected chi connectivity index (χ3v) is 3.92. The number of hydrogen-bond acceptors (Lipinski definition) is 3. The molecule has 0 aliphatic heterocycles. The van der Waals surface area contributed by atoms with Crippen LogP contribution in [0.3, 0.4) is 0 Å². The first-order chi connectivity index (χ1) is 12.1. The lowest BCUT2D eigenvalue weighted by atomic mass is 10.1. The lowest BCUT2D eigenvalue weighted by Gasteiger charge is -2.08. The highest BCUT2D eigenvalue weighted by molar-refractivity contribution is 5.65. The summed E-state index contributed by atoms with van der Waals surface area (Å²) in [5, 5.41) is 0. The smallest absolute Gasteiger partial charge is 0.302 e. The highest BCUT2D eigenvalue weighted by Crippen LogP contribution is 2.19. The van der Waals surface area contributed by atoms with Gasteiger partial charge in [-0.3, -0.25) is 4.79 Å². The number of allylic oxidation sites excluding steroid dienone is 1. The lowest BCUT2D eigenvalue weighted by Crippen LogP contribution is -2.00. The maximum Gasteiger partial charge on any atom is 0.302 e. The van der Waals surface area contributed by atoms with Gasteiger partial charge in [-0.05, 0) is 37.5 Å². The molecule has 3 nitrogen and oxygen atoms in total. The Balaban J connectivity index is 1.97. The second-order valence-electron chi connectivity index (χ2n) is 6.21. The quantitative estimate of drug-likeness (QED) is 0.327. The number of hydrogen-bond donors (Lipinski definition) is 0. The molecule has 0 amide bonds. The molecule has 0 N–H and O–H groups in total. The molecule has 0 saturated carbocycles. The van der Waals surface area contributed by atoms with E-state index in [1.165, 1.54) is 38.7 Å². The first-order valence-corrected chi connectivity index (χ1v) is 9.32. The van der Waals surface area contributed by atoms with E-state index in [1.807, 2.05) is 25.1 Å². The number of ether oxygens (including phenoxy) is 2. The molecule has 1 aromatic rings. The molecule has 0 heterocycles. The third kappa shape index (κ3) is 10.6. The van der Waals surface area contributed by atoms with Crippen LogP contribution in [0.1, 0.15) is 70.8 Å². The van der Waals surface area contributed by atoms with Crippen molar-refractivity contribution in [2.45, 2.75) is 65.2 Å². The molecule has 1 rings (SSSR count). The van der Waals surface area contributed by atoms with Crippen molar-refractivity contribution in [2.24, 2.45) is 0 Å². The van der Waals surface area contributed by atoms with E-state index in [-0.39, 0.29) is 11.8 Å². The van der Waals surface area contributed by atoms with E-state index >= 15 is 0 Å². The van der Waals surface area contributed by atoms with Gasteiger partial charge < -0.3 is 9.47 Å². The van der Waals surface area contributed by atoms with Gasteiger partial charge in [0.15, 0.2) is 11.6 Å². The zero-order chi connectivity index (χ0) is 18.3. The van der Waals surface area contributed by atoms with Crippen molar-refractivity contribution in [2.75, 3.05) is 13.2 Å². The van der Waals surface area contributed by atoms with Crippen LogP contribution < -0.4 is 4.74 Å². The number of carbonyl (C=O) groups excluding carboxylic acids is 1. The van der Waals surface area contributed by atoms with Gasteiger partial charge in [0.05, 0.1) is 13.2 Å². The van der Waals surface area contributed by atoms with Gasteiger partial charge in [0, 0.05) is 6.92 Å². The van der Waals surface area contributed by atoms with Gasteiger partial charge >= 0.3 is 5.97 Å². The molecule has 0 aliphatic carbocycles. The van der Waals surface area contributed by atoms with Crippen LogP contribution in [-0.2, 0) is 9.53 Å². The third-order valence-electron chi connectivity index (χ3n) is 3.92. The van der Waals surface area contributed by atoms with E-state index < -0.39 is 0 Å². The topological polar surface area (TPSA) is 35.5 Å². The molecule has 0 aliphatic rings. The monoisotopic (exact) mass is 350 g/mol. The Morgan fingerprint density at radius 1 is 1.00 bits per heavy atom. The van der Waals surface area contributed by atoms with Crippen LogP contribution in [0.15, 0.2) is 24.3 Å². The van der Waals surface area contributed by atoms with Gasteiger partial charge in [0.25, 0.3) is 0 Å². The summed E-state index contributed by atoms with van der Waals surface area (Å²) < 4.78 is 24.2. The Hall–Kier alpha value is -1.84. The molecular formula is C21H31FO3. The largest absolute Gasteiger partial charge is 0.491 e. The molecule has 0 unspecified atom stereocenters. The van der Waals surface area contributed by atoms with Gasteiger partial charge in [-0.2, -0.15) is 0 Å².